The summed E-state index contributed by atoms with van der Waals surface area (Å²) in [4.78, 5) is 91.8. The van der Waals surface area contributed by atoms with E-state index in [1.54, 1.807) is 70.7 Å². The number of likely N-dealkylation sites (N-methyl/N-ethyl adjacent to an activating group) is 2. The molecule has 0 bridgehead atoms. The van der Waals surface area contributed by atoms with Crippen molar-refractivity contribution in [2.75, 3.05) is 34.9 Å². The molecule has 2 aliphatic rings. The highest BCUT2D eigenvalue weighted by Crippen LogP contribution is 2.42. The van der Waals surface area contributed by atoms with E-state index in [0.29, 0.717) is 25.8 Å². The Hall–Kier alpha value is -4.39. The Bertz CT molecular complexity index is 1950. The highest BCUT2D eigenvalue weighted by molar-refractivity contribution is 8.76. The Morgan fingerprint density at radius 2 is 1.54 bits per heavy atom. The largest absolute Gasteiger partial charge is 0.480 e. The van der Waals surface area contributed by atoms with Gasteiger partial charge < -0.3 is 39.8 Å². The maximum absolute atomic E-state index is 14.7. The predicted molar refractivity (Wildman–Crippen MR) is 265 cm³/mol. The van der Waals surface area contributed by atoms with Crippen LogP contribution in [0.4, 0.5) is 4.79 Å². The third-order valence-corrected chi connectivity index (χ3v) is 16.4. The van der Waals surface area contributed by atoms with Crippen molar-refractivity contribution in [3.05, 3.63) is 60.3 Å². The van der Waals surface area contributed by atoms with Crippen LogP contribution in [0.25, 0.3) is 0 Å². The van der Waals surface area contributed by atoms with Gasteiger partial charge in [0.05, 0.1) is 41.9 Å². The molecule has 18 heteroatoms. The Morgan fingerprint density at radius 1 is 0.853 bits per heavy atom. The van der Waals surface area contributed by atoms with Gasteiger partial charge in [-0.2, -0.15) is 0 Å². The van der Waals surface area contributed by atoms with Crippen LogP contribution in [0.3, 0.4) is 0 Å². The van der Waals surface area contributed by atoms with Crippen molar-refractivity contribution in [1.29, 1.82) is 0 Å². The van der Waals surface area contributed by atoms with Crippen molar-refractivity contribution >= 4 is 57.3 Å². The average molecular weight is 985 g/mol. The number of likely N-dealkylation sites (tertiary alicyclic amines) is 1. The third-order valence-electron chi connectivity index (χ3n) is 13.5. The molecule has 3 N–H and O–H groups in total. The quantitative estimate of drug-likeness (QED) is 0.0889. The zero-order chi connectivity index (χ0) is 50.2. The number of nitrogens with zero attached hydrogens (tertiary/aromatic N) is 4. The van der Waals surface area contributed by atoms with Gasteiger partial charge in [0.1, 0.15) is 29.3 Å². The number of ether oxygens (including phenoxy) is 3. The number of amides is 5. The van der Waals surface area contributed by atoms with Gasteiger partial charge in [0, 0.05) is 47.5 Å². The van der Waals surface area contributed by atoms with E-state index in [1.807, 2.05) is 77.9 Å². The number of carbonyl (C=O) groups excluding carboxylic acids is 5. The Labute approximate surface area is 411 Å². The molecule has 1 saturated heterocycles. The lowest BCUT2D eigenvalue weighted by Gasteiger charge is -2.41. The van der Waals surface area contributed by atoms with Gasteiger partial charge in [0.2, 0.25) is 23.6 Å². The van der Waals surface area contributed by atoms with Crippen molar-refractivity contribution in [3.8, 4) is 0 Å². The van der Waals surface area contributed by atoms with Gasteiger partial charge in [0.15, 0.2) is 0 Å². The molecule has 68 heavy (non-hydrogen) atoms. The van der Waals surface area contributed by atoms with Gasteiger partial charge >= 0.3 is 12.1 Å². The molecule has 2 fully saturated rings. The smallest absolute Gasteiger partial charge is 0.410 e. The van der Waals surface area contributed by atoms with E-state index in [1.165, 1.54) is 19.1 Å². The number of aliphatic carboxylic acids is 1. The minimum atomic E-state index is -1.15. The highest BCUT2D eigenvalue weighted by Gasteiger charge is 2.44. The molecular formula is C50H76N6O10S2. The van der Waals surface area contributed by atoms with Crippen molar-refractivity contribution in [2.45, 2.75) is 159 Å². The molecule has 1 saturated carbocycles. The molecule has 2 aromatic rings. The summed E-state index contributed by atoms with van der Waals surface area (Å²) in [6, 6.07) is 10.7. The van der Waals surface area contributed by atoms with Crippen molar-refractivity contribution in [1.82, 2.24) is 30.3 Å². The summed E-state index contributed by atoms with van der Waals surface area (Å²) in [7, 11) is 9.42. The molecule has 0 radical (unpaired) electrons. The fraction of sp³-hybridized carbons (Fsp3) is 0.660. The summed E-state index contributed by atoms with van der Waals surface area (Å²) in [6.07, 6.45) is 3.82. The summed E-state index contributed by atoms with van der Waals surface area (Å²) in [5.74, 6) is -4.29. The predicted octanol–water partition coefficient (Wildman–Crippen LogP) is 6.71. The number of rotatable bonds is 25. The first-order chi connectivity index (χ1) is 32.3. The van der Waals surface area contributed by atoms with Crippen LogP contribution in [-0.2, 0) is 44.6 Å². The molecule has 1 aromatic carbocycles. The minimum absolute atomic E-state index is 0.0701. The second-order valence-electron chi connectivity index (χ2n) is 18.9. The topological polar surface area (TPSA) is 197 Å². The normalized spacial score (nSPS) is 20.7. The monoisotopic (exact) mass is 985 g/mol. The van der Waals surface area contributed by atoms with Gasteiger partial charge in [-0.3, -0.25) is 24.1 Å². The molecule has 0 spiro atoms. The Balaban J connectivity index is 1.44. The van der Waals surface area contributed by atoms with E-state index in [2.05, 4.69) is 15.6 Å². The molecule has 1 aliphatic heterocycles. The van der Waals surface area contributed by atoms with Gasteiger partial charge in [-0.15, -0.1) is 0 Å². The SMILES string of the molecule is CC[C@H](C)[C@@H]([C@@H](CC(=O)N1CCCC1[C@H](OC)[C@@H](C)C(=O)N[C@@H](Cc1ccccc1)C(=O)O)OC)N(C)C(=O)[C@@H](NC(=O)[C@H](C(C)C)N(C)C(=O)O[C@H]1CCC[C@@H]1SSc1ccccn1)C(C)C. The van der Waals surface area contributed by atoms with E-state index >= 15 is 0 Å². The molecule has 16 nitrogen and oxygen atoms in total. The molecule has 11 atom stereocenters. The first-order valence-electron chi connectivity index (χ1n) is 24.0. The van der Waals surface area contributed by atoms with Gasteiger partial charge in [-0.1, -0.05) is 102 Å². The van der Waals surface area contributed by atoms with E-state index < -0.39 is 72.2 Å². The molecule has 5 amide bonds. The first kappa shape index (κ1) is 56.2. The Morgan fingerprint density at radius 3 is 2.13 bits per heavy atom. The van der Waals surface area contributed by atoms with E-state index in [-0.39, 0.29) is 53.8 Å². The zero-order valence-corrected chi connectivity index (χ0v) is 43.4. The van der Waals surface area contributed by atoms with Crippen LogP contribution < -0.4 is 10.6 Å². The fourth-order valence-corrected chi connectivity index (χ4v) is 12.2. The van der Waals surface area contributed by atoms with Crippen molar-refractivity contribution in [2.24, 2.45) is 23.7 Å². The fourth-order valence-electron chi connectivity index (χ4n) is 9.53. The lowest BCUT2D eigenvalue weighted by Crippen LogP contribution is -2.60. The number of pyridine rings is 1. The van der Waals surface area contributed by atoms with Crippen LogP contribution in [0.1, 0.15) is 99.0 Å². The van der Waals surface area contributed by atoms with Crippen molar-refractivity contribution < 1.29 is 48.1 Å². The van der Waals surface area contributed by atoms with Crippen LogP contribution in [0.15, 0.2) is 59.8 Å². The first-order valence-corrected chi connectivity index (χ1v) is 26.2. The summed E-state index contributed by atoms with van der Waals surface area (Å²) < 4.78 is 18.0. The summed E-state index contributed by atoms with van der Waals surface area (Å²) in [5.41, 5.74) is 0.769. The summed E-state index contributed by atoms with van der Waals surface area (Å²) >= 11 is 0. The lowest BCUT2D eigenvalue weighted by molar-refractivity contribution is -0.148. The number of carboxylic acid groups (broad SMARTS) is 1. The van der Waals surface area contributed by atoms with Crippen LogP contribution in [0, 0.1) is 23.7 Å². The Kier molecular flexibility index (Phi) is 22.4. The van der Waals surface area contributed by atoms with Crippen LogP contribution in [0.5, 0.6) is 0 Å². The standard InChI is InChI=1S/C50H76N6O10S2/c1-12-32(6)44(38(64-10)29-41(57)56-27-19-22-36(56)45(65-11)33(7)46(58)52-35(49(61)62)28-34-20-14-13-15-21-34)54(8)48(60)42(30(2)3)53-47(59)43(31(4)5)55(9)50(63)66-37-23-18-24-39(37)67-68-40-25-16-17-26-51-40/h13-17,20-21,25-26,30-33,35-39,42-45H,12,18-19,22-24,27-29H2,1-11H3,(H,52,58)(H,53,59)(H,61,62)/t32-,33+,35-,36?,37-,38+,39-,42-,43-,44-,45+/m0/s1. The molecule has 4 rings (SSSR count). The third kappa shape index (κ3) is 15.1. The number of nitrogens with one attached hydrogen (secondary N) is 2. The number of methoxy groups -OCH3 is 2. The van der Waals surface area contributed by atoms with Crippen LogP contribution >= 0.6 is 21.6 Å². The number of benzene rings is 1. The van der Waals surface area contributed by atoms with Crippen LogP contribution in [0.2, 0.25) is 0 Å². The van der Waals surface area contributed by atoms with E-state index in [4.69, 9.17) is 14.2 Å². The van der Waals surface area contributed by atoms with Crippen molar-refractivity contribution in [3.63, 3.8) is 0 Å². The second kappa shape index (κ2) is 27.1. The maximum atomic E-state index is 14.7. The number of carboxylic acids is 1. The zero-order valence-electron chi connectivity index (χ0n) is 41.8. The molecule has 1 unspecified atom stereocenters. The molecule has 2 heterocycles. The number of aromatic nitrogens is 1. The maximum Gasteiger partial charge on any atom is 0.410 e. The second-order valence-corrected chi connectivity index (χ2v) is 21.4. The molecule has 378 valence electrons. The number of hydrogen-bond acceptors (Lipinski definition) is 12. The van der Waals surface area contributed by atoms with E-state index in [0.717, 1.165) is 29.9 Å². The molecule has 1 aliphatic carbocycles. The summed E-state index contributed by atoms with van der Waals surface area (Å²) in [5, 5.41) is 16.6. The molecule has 1 aromatic heterocycles. The van der Waals surface area contributed by atoms with Gasteiger partial charge in [-0.05, 0) is 78.3 Å². The molecular weight excluding hydrogens is 909 g/mol. The van der Waals surface area contributed by atoms with Gasteiger partial charge in [0.25, 0.3) is 0 Å². The summed E-state index contributed by atoms with van der Waals surface area (Å²) in [6.45, 7) is 13.5. The average Bonchev–Trinajstić information content (AvgIpc) is 3.99. The number of carbonyl (C=O) groups is 6. The van der Waals surface area contributed by atoms with Gasteiger partial charge in [-0.25, -0.2) is 14.6 Å². The lowest BCUT2D eigenvalue weighted by atomic mass is 9.89. The minimum Gasteiger partial charge on any atom is -0.480 e. The van der Waals surface area contributed by atoms with Crippen LogP contribution in [-0.4, -0.2) is 149 Å². The highest BCUT2D eigenvalue weighted by atomic mass is 33.1. The number of hydrogen-bond donors (Lipinski definition) is 3. The van der Waals surface area contributed by atoms with E-state index in [9.17, 15) is 33.9 Å².